The van der Waals surface area contributed by atoms with Crippen LogP contribution in [0.4, 0.5) is 5.69 Å². The average molecular weight is 330 g/mol. The lowest BCUT2D eigenvalue weighted by Crippen LogP contribution is -2.30. The maximum atomic E-state index is 12.2. The summed E-state index contributed by atoms with van der Waals surface area (Å²) in [7, 11) is 0. The van der Waals surface area contributed by atoms with Crippen LogP contribution >= 0.6 is 0 Å². The number of nitrogens with one attached hydrogen (secondary N) is 1. The van der Waals surface area contributed by atoms with Crippen molar-refractivity contribution in [2.45, 2.75) is 38.9 Å². The number of aromatic nitrogens is 1. The number of carbonyl (C=O) groups excluding carboxylic acids is 1. The summed E-state index contributed by atoms with van der Waals surface area (Å²) >= 11 is 0. The summed E-state index contributed by atoms with van der Waals surface area (Å²) in [5.41, 5.74) is 1.63. The fraction of sp³-hybridized carbons (Fsp3) is 0.444. The van der Waals surface area contributed by atoms with Gasteiger partial charge >= 0.3 is 0 Å². The Morgan fingerprint density at radius 2 is 2.21 bits per heavy atom. The number of aryl methyl sites for hydroxylation is 1. The summed E-state index contributed by atoms with van der Waals surface area (Å²) < 4.78 is 16.6. The number of oxazole rings is 1. The van der Waals surface area contributed by atoms with Crippen molar-refractivity contribution in [1.82, 2.24) is 4.98 Å². The standard InChI is InChI=1S/C18H22N2O4/c1-12(23-11-16-4-3-9-22-16)18(21)20-15-7-5-14(6-8-15)17-10-19-13(2)24-17/h5-8,10,12,16H,3-4,9,11H2,1-2H3,(H,20,21)/t12-,16+/m0/s1. The third-order valence-corrected chi connectivity index (χ3v) is 3.98. The fourth-order valence-corrected chi connectivity index (χ4v) is 2.56. The molecule has 6 heteroatoms. The molecule has 0 bridgehead atoms. The second kappa shape index (κ2) is 7.59. The van der Waals surface area contributed by atoms with E-state index in [2.05, 4.69) is 10.3 Å². The second-order valence-electron chi connectivity index (χ2n) is 5.92. The zero-order valence-electron chi connectivity index (χ0n) is 14.0. The number of anilines is 1. The first-order valence-corrected chi connectivity index (χ1v) is 8.19. The van der Waals surface area contributed by atoms with Gasteiger partial charge in [0.25, 0.3) is 5.91 Å². The van der Waals surface area contributed by atoms with E-state index < -0.39 is 6.10 Å². The van der Waals surface area contributed by atoms with Gasteiger partial charge in [-0.1, -0.05) is 0 Å². The number of nitrogens with zero attached hydrogens (tertiary/aromatic N) is 1. The van der Waals surface area contributed by atoms with Gasteiger partial charge in [0.2, 0.25) is 0 Å². The number of hydrogen-bond donors (Lipinski definition) is 1. The van der Waals surface area contributed by atoms with Crippen molar-refractivity contribution in [2.75, 3.05) is 18.5 Å². The maximum Gasteiger partial charge on any atom is 0.253 e. The number of amides is 1. The Morgan fingerprint density at radius 3 is 2.83 bits per heavy atom. The Morgan fingerprint density at radius 1 is 1.42 bits per heavy atom. The molecule has 24 heavy (non-hydrogen) atoms. The molecule has 1 aliphatic rings. The molecule has 1 aromatic carbocycles. The van der Waals surface area contributed by atoms with Gasteiger partial charge in [0, 0.05) is 24.8 Å². The van der Waals surface area contributed by atoms with Gasteiger partial charge in [-0.3, -0.25) is 4.79 Å². The molecule has 128 valence electrons. The molecule has 1 aliphatic heterocycles. The quantitative estimate of drug-likeness (QED) is 0.880. The minimum absolute atomic E-state index is 0.116. The Balaban J connectivity index is 1.52. The van der Waals surface area contributed by atoms with E-state index in [4.69, 9.17) is 13.9 Å². The first-order valence-electron chi connectivity index (χ1n) is 8.19. The van der Waals surface area contributed by atoms with E-state index in [1.807, 2.05) is 24.3 Å². The number of benzene rings is 1. The summed E-state index contributed by atoms with van der Waals surface area (Å²) in [6.07, 6.45) is 3.34. The zero-order chi connectivity index (χ0) is 16.9. The average Bonchev–Trinajstić information content (AvgIpc) is 3.25. The number of carbonyl (C=O) groups is 1. The lowest BCUT2D eigenvalue weighted by molar-refractivity contribution is -0.128. The molecular formula is C18H22N2O4. The Hall–Kier alpha value is -2.18. The Bertz CT molecular complexity index is 675. The van der Waals surface area contributed by atoms with Crippen LogP contribution in [0.3, 0.4) is 0 Å². The molecule has 0 spiro atoms. The summed E-state index contributed by atoms with van der Waals surface area (Å²) in [6, 6.07) is 7.43. The molecule has 0 aliphatic carbocycles. The molecule has 1 amide bonds. The molecular weight excluding hydrogens is 308 g/mol. The van der Waals surface area contributed by atoms with E-state index in [1.165, 1.54) is 0 Å². The zero-order valence-corrected chi connectivity index (χ0v) is 14.0. The molecule has 3 rings (SSSR count). The smallest absolute Gasteiger partial charge is 0.253 e. The van der Waals surface area contributed by atoms with Crippen molar-refractivity contribution in [1.29, 1.82) is 0 Å². The van der Waals surface area contributed by atoms with Crippen LogP contribution in [0.25, 0.3) is 11.3 Å². The predicted molar refractivity (Wildman–Crippen MR) is 89.7 cm³/mol. The first kappa shape index (κ1) is 16.7. The van der Waals surface area contributed by atoms with Gasteiger partial charge in [-0.25, -0.2) is 4.98 Å². The van der Waals surface area contributed by atoms with Gasteiger partial charge in [-0.2, -0.15) is 0 Å². The van der Waals surface area contributed by atoms with Gasteiger partial charge in [-0.05, 0) is 44.0 Å². The lowest BCUT2D eigenvalue weighted by Gasteiger charge is -2.16. The number of ether oxygens (including phenoxy) is 2. The third-order valence-electron chi connectivity index (χ3n) is 3.98. The lowest BCUT2D eigenvalue weighted by atomic mass is 10.1. The van der Waals surface area contributed by atoms with Crippen molar-refractivity contribution in [3.05, 3.63) is 36.4 Å². The first-order chi connectivity index (χ1) is 11.6. The molecule has 1 saturated heterocycles. The highest BCUT2D eigenvalue weighted by atomic mass is 16.5. The molecule has 1 N–H and O–H groups in total. The molecule has 0 saturated carbocycles. The monoisotopic (exact) mass is 330 g/mol. The van der Waals surface area contributed by atoms with Crippen LogP contribution in [0.2, 0.25) is 0 Å². The fourth-order valence-electron chi connectivity index (χ4n) is 2.56. The van der Waals surface area contributed by atoms with E-state index in [-0.39, 0.29) is 12.0 Å². The molecule has 0 unspecified atom stereocenters. The van der Waals surface area contributed by atoms with Crippen molar-refractivity contribution >= 4 is 11.6 Å². The summed E-state index contributed by atoms with van der Waals surface area (Å²) in [5.74, 6) is 1.16. The van der Waals surface area contributed by atoms with Gasteiger partial charge in [0.1, 0.15) is 6.10 Å². The highest BCUT2D eigenvalue weighted by molar-refractivity contribution is 5.94. The van der Waals surface area contributed by atoms with Crippen LogP contribution in [-0.2, 0) is 14.3 Å². The highest BCUT2D eigenvalue weighted by Crippen LogP contribution is 2.22. The van der Waals surface area contributed by atoms with Crippen LogP contribution in [0.1, 0.15) is 25.7 Å². The topological polar surface area (TPSA) is 73.6 Å². The van der Waals surface area contributed by atoms with Crippen LogP contribution in [-0.4, -0.2) is 36.3 Å². The second-order valence-corrected chi connectivity index (χ2v) is 5.92. The van der Waals surface area contributed by atoms with E-state index in [0.717, 1.165) is 25.0 Å². The van der Waals surface area contributed by atoms with Crippen molar-refractivity contribution < 1.29 is 18.7 Å². The molecule has 1 aromatic heterocycles. The number of hydrogen-bond acceptors (Lipinski definition) is 5. The third kappa shape index (κ3) is 4.21. The van der Waals surface area contributed by atoms with Crippen LogP contribution < -0.4 is 5.32 Å². The maximum absolute atomic E-state index is 12.2. The Kier molecular flexibility index (Phi) is 5.27. The minimum Gasteiger partial charge on any atom is -0.441 e. The van der Waals surface area contributed by atoms with E-state index in [0.29, 0.717) is 23.9 Å². The SMILES string of the molecule is Cc1ncc(-c2ccc(NC(=O)[C@H](C)OC[C@H]3CCCO3)cc2)o1. The van der Waals surface area contributed by atoms with Crippen molar-refractivity contribution in [3.63, 3.8) is 0 Å². The normalized spacial score (nSPS) is 18.5. The number of rotatable bonds is 6. The van der Waals surface area contributed by atoms with Crippen LogP contribution in [0, 0.1) is 6.92 Å². The van der Waals surface area contributed by atoms with E-state index >= 15 is 0 Å². The molecule has 6 nitrogen and oxygen atoms in total. The molecule has 1 fully saturated rings. The van der Waals surface area contributed by atoms with Crippen LogP contribution in [0.5, 0.6) is 0 Å². The summed E-state index contributed by atoms with van der Waals surface area (Å²) in [5, 5.41) is 2.85. The molecule has 2 heterocycles. The van der Waals surface area contributed by atoms with E-state index in [1.54, 1.807) is 20.0 Å². The molecule has 2 aromatic rings. The molecule has 0 radical (unpaired) electrons. The van der Waals surface area contributed by atoms with Crippen LogP contribution in [0.15, 0.2) is 34.9 Å². The molecule has 2 atom stereocenters. The highest BCUT2D eigenvalue weighted by Gasteiger charge is 2.20. The predicted octanol–water partition coefficient (Wildman–Crippen LogP) is 3.17. The van der Waals surface area contributed by atoms with Gasteiger partial charge in [-0.15, -0.1) is 0 Å². The minimum atomic E-state index is -0.522. The summed E-state index contributed by atoms with van der Waals surface area (Å²) in [4.78, 5) is 16.2. The van der Waals surface area contributed by atoms with Gasteiger partial charge in [0.05, 0.1) is 18.9 Å². The van der Waals surface area contributed by atoms with Crippen molar-refractivity contribution in [3.8, 4) is 11.3 Å². The van der Waals surface area contributed by atoms with Crippen molar-refractivity contribution in [2.24, 2.45) is 0 Å². The van der Waals surface area contributed by atoms with Gasteiger partial charge in [0.15, 0.2) is 11.7 Å². The van der Waals surface area contributed by atoms with E-state index in [9.17, 15) is 4.79 Å². The summed E-state index contributed by atoms with van der Waals surface area (Å²) in [6.45, 7) is 4.79. The Labute approximate surface area is 141 Å². The largest absolute Gasteiger partial charge is 0.441 e. The van der Waals surface area contributed by atoms with Gasteiger partial charge < -0.3 is 19.2 Å².